The molecule has 6 heteroatoms. The van der Waals surface area contributed by atoms with Gasteiger partial charge in [0.2, 0.25) is 6.79 Å². The van der Waals surface area contributed by atoms with Crippen LogP contribution in [0, 0.1) is 0 Å². The first-order valence-corrected chi connectivity index (χ1v) is 5.15. The van der Waals surface area contributed by atoms with Crippen molar-refractivity contribution in [3.63, 3.8) is 0 Å². The predicted octanol–water partition coefficient (Wildman–Crippen LogP) is 1.31. The molecule has 0 N–H and O–H groups in total. The highest BCUT2D eigenvalue weighted by molar-refractivity contribution is 5.93. The van der Waals surface area contributed by atoms with E-state index in [1.807, 2.05) is 0 Å². The molecule has 0 unspecified atom stereocenters. The van der Waals surface area contributed by atoms with E-state index >= 15 is 0 Å². The Hall–Kier alpha value is -2.50. The number of fused-ring (bicyclic) bond motifs is 2. The number of hydrogen-bond donors (Lipinski definition) is 0. The van der Waals surface area contributed by atoms with Crippen molar-refractivity contribution in [1.29, 1.82) is 0 Å². The monoisotopic (exact) mass is 248 g/mol. The van der Waals surface area contributed by atoms with Gasteiger partial charge in [0, 0.05) is 11.5 Å². The number of carbonyl (C=O) groups excluding carboxylic acids is 1. The lowest BCUT2D eigenvalue weighted by atomic mass is 10.1. The largest absolute Gasteiger partial charge is 0.465 e. The van der Waals surface area contributed by atoms with E-state index in [9.17, 15) is 9.59 Å². The third-order valence-corrected chi connectivity index (χ3v) is 2.63. The van der Waals surface area contributed by atoms with Crippen molar-refractivity contribution in [2.45, 2.75) is 0 Å². The number of ether oxygens (including phenoxy) is 3. The molecular formula is C12H8O6. The van der Waals surface area contributed by atoms with Crippen LogP contribution in [-0.2, 0) is 4.74 Å². The first-order chi connectivity index (χ1) is 8.69. The molecular weight excluding hydrogens is 240 g/mol. The van der Waals surface area contributed by atoms with E-state index in [0.29, 0.717) is 22.5 Å². The Kier molecular flexibility index (Phi) is 2.22. The van der Waals surface area contributed by atoms with E-state index in [0.717, 1.165) is 0 Å². The van der Waals surface area contributed by atoms with Crippen LogP contribution in [0.4, 0.5) is 0 Å². The van der Waals surface area contributed by atoms with Crippen LogP contribution in [0.15, 0.2) is 27.4 Å². The van der Waals surface area contributed by atoms with Crippen LogP contribution in [0.3, 0.4) is 0 Å². The highest BCUT2D eigenvalue weighted by atomic mass is 16.7. The third-order valence-electron chi connectivity index (χ3n) is 2.63. The second kappa shape index (κ2) is 3.76. The summed E-state index contributed by atoms with van der Waals surface area (Å²) in [5.74, 6) is 0.326. The van der Waals surface area contributed by atoms with Crippen LogP contribution < -0.4 is 15.1 Å². The summed E-state index contributed by atoms with van der Waals surface area (Å²) in [7, 11) is 1.20. The Labute approximate surface area is 101 Å². The molecule has 18 heavy (non-hydrogen) atoms. The van der Waals surface area contributed by atoms with Crippen LogP contribution in [0.5, 0.6) is 11.5 Å². The maximum absolute atomic E-state index is 11.6. The molecule has 2 aromatic rings. The van der Waals surface area contributed by atoms with Crippen LogP contribution in [0.1, 0.15) is 10.4 Å². The zero-order valence-electron chi connectivity index (χ0n) is 9.39. The van der Waals surface area contributed by atoms with Crippen molar-refractivity contribution in [3.8, 4) is 11.5 Å². The van der Waals surface area contributed by atoms with Gasteiger partial charge in [0.1, 0.15) is 11.1 Å². The second-order valence-electron chi connectivity index (χ2n) is 3.68. The molecule has 0 spiro atoms. The number of hydrogen-bond acceptors (Lipinski definition) is 6. The topological polar surface area (TPSA) is 75.0 Å². The second-order valence-corrected chi connectivity index (χ2v) is 3.68. The van der Waals surface area contributed by atoms with E-state index in [1.165, 1.54) is 13.2 Å². The number of esters is 1. The van der Waals surface area contributed by atoms with Crippen LogP contribution in [0.2, 0.25) is 0 Å². The van der Waals surface area contributed by atoms with Gasteiger partial charge in [0.15, 0.2) is 11.5 Å². The zero-order chi connectivity index (χ0) is 12.7. The molecule has 0 amide bonds. The van der Waals surface area contributed by atoms with Crippen LogP contribution >= 0.6 is 0 Å². The standard InChI is InChI=1S/C12H8O6/c1-15-11(13)7-2-6-3-9-10(17-5-16-9)4-8(6)18-12(7)14/h2-4H,5H2,1H3. The van der Waals surface area contributed by atoms with E-state index in [-0.39, 0.29) is 12.4 Å². The van der Waals surface area contributed by atoms with Gasteiger partial charge in [-0.25, -0.2) is 9.59 Å². The average Bonchev–Trinajstić information content (AvgIpc) is 2.81. The molecule has 0 radical (unpaired) electrons. The van der Waals surface area contributed by atoms with Crippen molar-refractivity contribution in [2.75, 3.05) is 13.9 Å². The van der Waals surface area contributed by atoms with Gasteiger partial charge < -0.3 is 18.6 Å². The molecule has 0 bridgehead atoms. The number of carbonyl (C=O) groups is 1. The molecule has 1 aromatic carbocycles. The Bertz CT molecular complexity index is 700. The van der Waals surface area contributed by atoms with E-state index in [4.69, 9.17) is 13.9 Å². The summed E-state index contributed by atoms with van der Waals surface area (Å²) in [5, 5.41) is 0.569. The SMILES string of the molecule is COC(=O)c1cc2cc3c(cc2oc1=O)OCO3. The summed E-state index contributed by atoms with van der Waals surface area (Å²) in [6, 6.07) is 4.61. The van der Waals surface area contributed by atoms with Crippen LogP contribution in [0.25, 0.3) is 11.0 Å². The molecule has 1 aromatic heterocycles. The van der Waals surface area contributed by atoms with Gasteiger partial charge in [-0.05, 0) is 12.1 Å². The molecule has 0 atom stereocenters. The highest BCUT2D eigenvalue weighted by Gasteiger charge is 2.18. The smallest absolute Gasteiger partial charge is 0.351 e. The lowest BCUT2D eigenvalue weighted by molar-refractivity contribution is 0.0596. The lowest BCUT2D eigenvalue weighted by Crippen LogP contribution is -2.14. The van der Waals surface area contributed by atoms with Gasteiger partial charge in [-0.3, -0.25) is 0 Å². The minimum atomic E-state index is -0.742. The third kappa shape index (κ3) is 1.50. The van der Waals surface area contributed by atoms with E-state index in [1.54, 1.807) is 12.1 Å². The molecule has 1 aliphatic rings. The maximum atomic E-state index is 11.6. The van der Waals surface area contributed by atoms with Gasteiger partial charge in [0.25, 0.3) is 0 Å². The molecule has 1 aliphatic heterocycles. The predicted molar refractivity (Wildman–Crippen MR) is 59.9 cm³/mol. The first-order valence-electron chi connectivity index (χ1n) is 5.15. The molecule has 6 nitrogen and oxygen atoms in total. The van der Waals surface area contributed by atoms with Crippen molar-refractivity contribution < 1.29 is 23.4 Å². The summed E-state index contributed by atoms with van der Waals surface area (Å²) in [5.41, 5.74) is -0.561. The Morgan fingerprint density at radius 2 is 1.94 bits per heavy atom. The van der Waals surface area contributed by atoms with Gasteiger partial charge in [0.05, 0.1) is 7.11 Å². The molecule has 92 valence electrons. The number of rotatable bonds is 1. The fourth-order valence-corrected chi connectivity index (χ4v) is 1.76. The molecule has 0 fully saturated rings. The van der Waals surface area contributed by atoms with Crippen molar-refractivity contribution >= 4 is 16.9 Å². The molecule has 0 saturated heterocycles. The highest BCUT2D eigenvalue weighted by Crippen LogP contribution is 2.35. The van der Waals surface area contributed by atoms with Gasteiger partial charge in [-0.15, -0.1) is 0 Å². The summed E-state index contributed by atoms with van der Waals surface area (Å²) < 4.78 is 19.9. The summed E-state index contributed by atoms with van der Waals surface area (Å²) in [6.07, 6.45) is 0. The Morgan fingerprint density at radius 3 is 2.67 bits per heavy atom. The fourth-order valence-electron chi connectivity index (χ4n) is 1.76. The Morgan fingerprint density at radius 1 is 1.22 bits per heavy atom. The quantitative estimate of drug-likeness (QED) is 0.559. The van der Waals surface area contributed by atoms with Gasteiger partial charge >= 0.3 is 11.6 Å². The zero-order valence-corrected chi connectivity index (χ0v) is 9.39. The van der Waals surface area contributed by atoms with Crippen molar-refractivity contribution in [3.05, 3.63) is 34.2 Å². The molecule has 0 aliphatic carbocycles. The lowest BCUT2D eigenvalue weighted by Gasteiger charge is -2.02. The molecule has 3 rings (SSSR count). The minimum Gasteiger partial charge on any atom is -0.465 e. The van der Waals surface area contributed by atoms with E-state index < -0.39 is 11.6 Å². The summed E-state index contributed by atoms with van der Waals surface area (Å²) >= 11 is 0. The molecule has 0 saturated carbocycles. The minimum absolute atomic E-state index is 0.125. The number of benzene rings is 1. The van der Waals surface area contributed by atoms with Crippen molar-refractivity contribution in [2.24, 2.45) is 0 Å². The van der Waals surface area contributed by atoms with Gasteiger partial charge in [-0.1, -0.05) is 0 Å². The first kappa shape index (κ1) is 10.6. The molecule has 2 heterocycles. The van der Waals surface area contributed by atoms with Crippen LogP contribution in [-0.4, -0.2) is 19.9 Å². The normalized spacial score (nSPS) is 12.7. The average molecular weight is 248 g/mol. The summed E-state index contributed by atoms with van der Waals surface area (Å²) in [6.45, 7) is 0.125. The van der Waals surface area contributed by atoms with E-state index in [2.05, 4.69) is 4.74 Å². The summed E-state index contributed by atoms with van der Waals surface area (Å²) in [4.78, 5) is 23.0. The fraction of sp³-hybridized carbons (Fsp3) is 0.167. The number of methoxy groups -OCH3 is 1. The maximum Gasteiger partial charge on any atom is 0.351 e. The Balaban J connectivity index is 2.26. The van der Waals surface area contributed by atoms with Gasteiger partial charge in [-0.2, -0.15) is 0 Å². The van der Waals surface area contributed by atoms with Crippen molar-refractivity contribution in [1.82, 2.24) is 0 Å².